The maximum atomic E-state index is 12.9. The van der Waals surface area contributed by atoms with E-state index < -0.39 is 0 Å². The van der Waals surface area contributed by atoms with Crippen LogP contribution in [0, 0.1) is 5.82 Å². The fourth-order valence-corrected chi connectivity index (χ4v) is 1.72. The van der Waals surface area contributed by atoms with Crippen molar-refractivity contribution in [2.75, 3.05) is 0 Å². The number of unbranched alkanes of at least 4 members (excludes halogenated alkanes) is 3. The molecule has 1 nitrogen and oxygen atoms in total. The summed E-state index contributed by atoms with van der Waals surface area (Å²) in [6, 6.07) is 2.94. The first-order valence-electron chi connectivity index (χ1n) is 5.85. The minimum Gasteiger partial charge on any atom is -0.261 e. The molecule has 2 heteroatoms. The monoisotopic (exact) mass is 209 g/mol. The molecular weight excluding hydrogens is 189 g/mol. The lowest BCUT2D eigenvalue weighted by Crippen LogP contribution is -1.97. The first-order valence-corrected chi connectivity index (χ1v) is 5.85. The SMILES string of the molecule is CCCCCCC(C)c1cc(F)ccn1. The summed E-state index contributed by atoms with van der Waals surface area (Å²) in [5, 5.41) is 0. The van der Waals surface area contributed by atoms with Gasteiger partial charge in [-0.1, -0.05) is 39.5 Å². The highest BCUT2D eigenvalue weighted by atomic mass is 19.1. The van der Waals surface area contributed by atoms with Crippen molar-refractivity contribution in [1.82, 2.24) is 4.98 Å². The van der Waals surface area contributed by atoms with Crippen LogP contribution in [0.3, 0.4) is 0 Å². The number of nitrogens with zero attached hydrogens (tertiary/aromatic N) is 1. The van der Waals surface area contributed by atoms with Crippen molar-refractivity contribution in [3.8, 4) is 0 Å². The first kappa shape index (κ1) is 12.2. The van der Waals surface area contributed by atoms with Crippen molar-refractivity contribution >= 4 is 0 Å². The molecule has 1 atom stereocenters. The van der Waals surface area contributed by atoms with Crippen LogP contribution in [0.25, 0.3) is 0 Å². The van der Waals surface area contributed by atoms with E-state index in [1.807, 2.05) is 0 Å². The van der Waals surface area contributed by atoms with Crippen LogP contribution >= 0.6 is 0 Å². The van der Waals surface area contributed by atoms with E-state index >= 15 is 0 Å². The lowest BCUT2D eigenvalue weighted by atomic mass is 9.99. The molecule has 0 bridgehead atoms. The van der Waals surface area contributed by atoms with Gasteiger partial charge in [0.15, 0.2) is 0 Å². The maximum Gasteiger partial charge on any atom is 0.126 e. The van der Waals surface area contributed by atoms with E-state index in [2.05, 4.69) is 18.8 Å². The zero-order valence-electron chi connectivity index (χ0n) is 9.67. The molecule has 0 aliphatic heterocycles. The second-order valence-corrected chi connectivity index (χ2v) is 4.15. The Balaban J connectivity index is 2.36. The number of hydrogen-bond donors (Lipinski definition) is 0. The molecule has 1 rings (SSSR count). The molecule has 0 N–H and O–H groups in total. The van der Waals surface area contributed by atoms with E-state index in [0.717, 1.165) is 12.1 Å². The largest absolute Gasteiger partial charge is 0.261 e. The predicted molar refractivity (Wildman–Crippen MR) is 61.4 cm³/mol. The summed E-state index contributed by atoms with van der Waals surface area (Å²) in [6.07, 6.45) is 7.70. The Kier molecular flexibility index (Phi) is 5.30. The van der Waals surface area contributed by atoms with Gasteiger partial charge in [-0.15, -0.1) is 0 Å². The molecule has 0 aliphatic carbocycles. The van der Waals surface area contributed by atoms with E-state index in [-0.39, 0.29) is 5.82 Å². The Labute approximate surface area is 91.7 Å². The average molecular weight is 209 g/mol. The van der Waals surface area contributed by atoms with E-state index in [1.165, 1.54) is 31.7 Å². The Morgan fingerprint density at radius 3 is 2.80 bits per heavy atom. The third-order valence-electron chi connectivity index (χ3n) is 2.74. The minimum absolute atomic E-state index is 0.180. The normalized spacial score (nSPS) is 12.7. The molecule has 0 amide bonds. The molecule has 1 heterocycles. The van der Waals surface area contributed by atoms with E-state index in [0.29, 0.717) is 5.92 Å². The molecule has 0 spiro atoms. The van der Waals surface area contributed by atoms with Crippen molar-refractivity contribution in [2.24, 2.45) is 0 Å². The van der Waals surface area contributed by atoms with Crippen LogP contribution in [0.5, 0.6) is 0 Å². The van der Waals surface area contributed by atoms with Gasteiger partial charge in [-0.25, -0.2) is 4.39 Å². The van der Waals surface area contributed by atoms with E-state index in [4.69, 9.17) is 0 Å². The molecular formula is C13H20FN. The Bertz CT molecular complexity index is 286. The highest BCUT2D eigenvalue weighted by Gasteiger charge is 2.07. The number of pyridine rings is 1. The Morgan fingerprint density at radius 1 is 1.33 bits per heavy atom. The number of halogens is 1. The zero-order chi connectivity index (χ0) is 11.1. The van der Waals surface area contributed by atoms with Gasteiger partial charge in [-0.05, 0) is 24.5 Å². The third-order valence-corrected chi connectivity index (χ3v) is 2.74. The van der Waals surface area contributed by atoms with Crippen molar-refractivity contribution in [1.29, 1.82) is 0 Å². The lowest BCUT2D eigenvalue weighted by molar-refractivity contribution is 0.563. The molecule has 15 heavy (non-hydrogen) atoms. The fourth-order valence-electron chi connectivity index (χ4n) is 1.72. The molecule has 0 saturated heterocycles. The number of rotatable bonds is 6. The quantitative estimate of drug-likeness (QED) is 0.637. The summed E-state index contributed by atoms with van der Waals surface area (Å²) in [4.78, 5) is 4.20. The maximum absolute atomic E-state index is 12.9. The molecule has 0 saturated carbocycles. The van der Waals surface area contributed by atoms with Crippen LogP contribution < -0.4 is 0 Å². The van der Waals surface area contributed by atoms with Gasteiger partial charge in [-0.2, -0.15) is 0 Å². The van der Waals surface area contributed by atoms with Crippen LogP contribution in [-0.2, 0) is 0 Å². The standard InChI is InChI=1S/C13H20FN/c1-3-4-5-6-7-11(2)13-10-12(14)8-9-15-13/h8-11H,3-7H2,1-2H3. The lowest BCUT2D eigenvalue weighted by Gasteiger charge is -2.10. The molecule has 1 aromatic rings. The van der Waals surface area contributed by atoms with E-state index in [9.17, 15) is 4.39 Å². The third kappa shape index (κ3) is 4.41. The molecule has 0 aromatic carbocycles. The molecule has 0 fully saturated rings. The highest BCUT2D eigenvalue weighted by Crippen LogP contribution is 2.20. The minimum atomic E-state index is -0.180. The smallest absolute Gasteiger partial charge is 0.126 e. The molecule has 84 valence electrons. The van der Waals surface area contributed by atoms with Gasteiger partial charge in [0, 0.05) is 11.9 Å². The molecule has 1 unspecified atom stereocenters. The number of aromatic nitrogens is 1. The van der Waals surface area contributed by atoms with Crippen LogP contribution in [0.2, 0.25) is 0 Å². The number of hydrogen-bond acceptors (Lipinski definition) is 1. The van der Waals surface area contributed by atoms with Gasteiger partial charge < -0.3 is 0 Å². The second-order valence-electron chi connectivity index (χ2n) is 4.15. The van der Waals surface area contributed by atoms with E-state index in [1.54, 1.807) is 12.3 Å². The van der Waals surface area contributed by atoms with Crippen LogP contribution in [0.15, 0.2) is 18.3 Å². The molecule has 1 aromatic heterocycles. The highest BCUT2D eigenvalue weighted by molar-refractivity contribution is 5.10. The van der Waals surface area contributed by atoms with Gasteiger partial charge in [0.1, 0.15) is 5.82 Å². The molecule has 0 radical (unpaired) electrons. The summed E-state index contributed by atoms with van der Waals surface area (Å²) >= 11 is 0. The topological polar surface area (TPSA) is 12.9 Å². The van der Waals surface area contributed by atoms with Crippen molar-refractivity contribution < 1.29 is 4.39 Å². The van der Waals surface area contributed by atoms with Gasteiger partial charge in [-0.3, -0.25) is 4.98 Å². The fraction of sp³-hybridized carbons (Fsp3) is 0.615. The molecule has 0 aliphatic rings. The first-order chi connectivity index (χ1) is 7.24. The summed E-state index contributed by atoms with van der Waals surface area (Å²) < 4.78 is 12.9. The predicted octanol–water partition coefficient (Wildman–Crippen LogP) is 4.29. The Morgan fingerprint density at radius 2 is 2.13 bits per heavy atom. The summed E-state index contributed by atoms with van der Waals surface area (Å²) in [5.74, 6) is 0.193. The van der Waals surface area contributed by atoms with Gasteiger partial charge in [0.05, 0.1) is 0 Å². The average Bonchev–Trinajstić information content (AvgIpc) is 2.24. The zero-order valence-corrected chi connectivity index (χ0v) is 9.67. The van der Waals surface area contributed by atoms with Crippen molar-refractivity contribution in [3.63, 3.8) is 0 Å². The summed E-state index contributed by atoms with van der Waals surface area (Å²) in [6.45, 7) is 4.32. The van der Waals surface area contributed by atoms with Gasteiger partial charge in [0.25, 0.3) is 0 Å². The summed E-state index contributed by atoms with van der Waals surface area (Å²) in [7, 11) is 0. The second kappa shape index (κ2) is 6.54. The van der Waals surface area contributed by atoms with Gasteiger partial charge >= 0.3 is 0 Å². The van der Waals surface area contributed by atoms with Crippen molar-refractivity contribution in [3.05, 3.63) is 29.8 Å². The van der Waals surface area contributed by atoms with Crippen LogP contribution in [0.1, 0.15) is 57.6 Å². The van der Waals surface area contributed by atoms with Crippen molar-refractivity contribution in [2.45, 2.75) is 51.9 Å². The van der Waals surface area contributed by atoms with Crippen LogP contribution in [0.4, 0.5) is 4.39 Å². The Hall–Kier alpha value is -0.920. The summed E-state index contributed by atoms with van der Waals surface area (Å²) in [5.41, 5.74) is 0.881. The van der Waals surface area contributed by atoms with Crippen LogP contribution in [-0.4, -0.2) is 4.98 Å². The van der Waals surface area contributed by atoms with Gasteiger partial charge in [0.2, 0.25) is 0 Å².